The van der Waals surface area contributed by atoms with Crippen LogP contribution in [0.4, 0.5) is 4.79 Å². The number of rotatable bonds is 10. The predicted molar refractivity (Wildman–Crippen MR) is 97.1 cm³/mol. The Morgan fingerprint density at radius 2 is 1.54 bits per heavy atom. The summed E-state index contributed by atoms with van der Waals surface area (Å²) in [6.07, 6.45) is 3.81. The second-order valence-electron chi connectivity index (χ2n) is 6.66. The fraction of sp³-hybridized carbons (Fsp3) is 0.600. The lowest BCUT2D eigenvalue weighted by Gasteiger charge is -2.29. The smallest absolute Gasteiger partial charge is 0.410 e. The summed E-state index contributed by atoms with van der Waals surface area (Å²) in [7, 11) is 0. The molecule has 4 nitrogen and oxygen atoms in total. The van der Waals surface area contributed by atoms with Gasteiger partial charge in [-0.1, -0.05) is 57.0 Å². The van der Waals surface area contributed by atoms with Gasteiger partial charge in [0.25, 0.3) is 0 Å². The van der Waals surface area contributed by atoms with E-state index in [0.29, 0.717) is 13.1 Å². The Kier molecular flexibility index (Phi) is 8.51. The molecule has 24 heavy (non-hydrogen) atoms. The number of unbranched alkanes of at least 4 members (excludes halogenated alkanes) is 2. The minimum absolute atomic E-state index is 0.0898. The molecule has 0 radical (unpaired) electrons. The van der Waals surface area contributed by atoms with Crippen LogP contribution in [0, 0.1) is 0 Å². The molecule has 0 heterocycles. The molecule has 0 aliphatic rings. The molecule has 4 heteroatoms. The molecule has 0 aromatic heterocycles. The van der Waals surface area contributed by atoms with Gasteiger partial charge >= 0.3 is 6.09 Å². The number of carbonyl (C=O) groups is 2. The number of carbonyl (C=O) groups excluding carboxylic acids is 2. The van der Waals surface area contributed by atoms with Crippen molar-refractivity contribution in [2.45, 2.75) is 65.4 Å². The summed E-state index contributed by atoms with van der Waals surface area (Å²) in [5, 5.41) is 0. The van der Waals surface area contributed by atoms with Crippen LogP contribution in [-0.2, 0) is 16.0 Å². The zero-order valence-electron chi connectivity index (χ0n) is 15.5. The third kappa shape index (κ3) is 6.73. The molecule has 0 bridgehead atoms. The van der Waals surface area contributed by atoms with E-state index in [1.807, 2.05) is 30.3 Å². The largest absolute Gasteiger partial charge is 0.435 e. The van der Waals surface area contributed by atoms with Crippen LogP contribution in [0.1, 0.15) is 58.9 Å². The van der Waals surface area contributed by atoms with Gasteiger partial charge in [-0.05, 0) is 32.3 Å². The van der Waals surface area contributed by atoms with E-state index < -0.39 is 5.60 Å². The van der Waals surface area contributed by atoms with Crippen LogP contribution in [0.5, 0.6) is 0 Å². The Morgan fingerprint density at radius 3 is 2.04 bits per heavy atom. The Morgan fingerprint density at radius 1 is 1.00 bits per heavy atom. The van der Waals surface area contributed by atoms with Gasteiger partial charge in [-0.25, -0.2) is 4.79 Å². The molecule has 0 N–H and O–H groups in total. The lowest BCUT2D eigenvalue weighted by molar-refractivity contribution is -0.134. The summed E-state index contributed by atoms with van der Waals surface area (Å²) in [5.41, 5.74) is -0.190. The maximum atomic E-state index is 12.5. The predicted octanol–water partition coefficient (Wildman–Crippen LogP) is 4.62. The first kappa shape index (κ1) is 20.2. The molecule has 0 spiro atoms. The van der Waals surface area contributed by atoms with Crippen molar-refractivity contribution in [1.82, 2.24) is 4.90 Å². The van der Waals surface area contributed by atoms with Crippen LogP contribution < -0.4 is 0 Å². The summed E-state index contributed by atoms with van der Waals surface area (Å²) in [6, 6.07) is 9.53. The van der Waals surface area contributed by atoms with Gasteiger partial charge in [0, 0.05) is 19.5 Å². The number of nitrogens with zero attached hydrogens (tertiary/aromatic N) is 1. The fourth-order valence-electron chi connectivity index (χ4n) is 2.33. The molecule has 0 fully saturated rings. The first-order chi connectivity index (χ1) is 11.4. The van der Waals surface area contributed by atoms with E-state index in [2.05, 4.69) is 13.8 Å². The third-order valence-electron chi connectivity index (χ3n) is 4.04. The summed E-state index contributed by atoms with van der Waals surface area (Å²) < 4.78 is 5.57. The summed E-state index contributed by atoms with van der Waals surface area (Å²) in [6.45, 7) is 8.89. The highest BCUT2D eigenvalue weighted by Crippen LogP contribution is 2.17. The number of ketones is 1. The second-order valence-corrected chi connectivity index (χ2v) is 6.66. The van der Waals surface area contributed by atoms with E-state index in [-0.39, 0.29) is 18.3 Å². The second kappa shape index (κ2) is 10.1. The van der Waals surface area contributed by atoms with Crippen LogP contribution in [-0.4, -0.2) is 35.5 Å². The van der Waals surface area contributed by atoms with Crippen molar-refractivity contribution in [3.63, 3.8) is 0 Å². The molecule has 1 aromatic carbocycles. The van der Waals surface area contributed by atoms with Gasteiger partial charge in [0.1, 0.15) is 0 Å². The van der Waals surface area contributed by atoms with Crippen molar-refractivity contribution >= 4 is 11.9 Å². The molecule has 1 amide bonds. The van der Waals surface area contributed by atoms with E-state index in [0.717, 1.165) is 31.2 Å². The van der Waals surface area contributed by atoms with E-state index in [4.69, 9.17) is 4.74 Å². The molecule has 0 saturated carbocycles. The average Bonchev–Trinajstić information content (AvgIpc) is 2.55. The Hall–Kier alpha value is -1.84. The summed E-state index contributed by atoms with van der Waals surface area (Å²) >= 11 is 0. The zero-order valence-corrected chi connectivity index (χ0v) is 15.5. The first-order valence-electron chi connectivity index (χ1n) is 8.95. The van der Waals surface area contributed by atoms with Gasteiger partial charge in [0.15, 0.2) is 11.4 Å². The molecule has 134 valence electrons. The maximum absolute atomic E-state index is 12.5. The zero-order chi connectivity index (χ0) is 18.0. The van der Waals surface area contributed by atoms with Crippen molar-refractivity contribution in [3.8, 4) is 0 Å². The molecular weight excluding hydrogens is 302 g/mol. The topological polar surface area (TPSA) is 46.6 Å². The Labute approximate surface area is 146 Å². The van der Waals surface area contributed by atoms with E-state index in [1.54, 1.807) is 18.7 Å². The lowest BCUT2D eigenvalue weighted by Crippen LogP contribution is -2.44. The van der Waals surface area contributed by atoms with Gasteiger partial charge in [-0.15, -0.1) is 0 Å². The highest BCUT2D eigenvalue weighted by atomic mass is 16.6. The highest BCUT2D eigenvalue weighted by Gasteiger charge is 2.33. The molecule has 0 unspecified atom stereocenters. The van der Waals surface area contributed by atoms with Crippen molar-refractivity contribution in [2.24, 2.45) is 0 Å². The van der Waals surface area contributed by atoms with Crippen LogP contribution in [0.15, 0.2) is 30.3 Å². The quantitative estimate of drug-likeness (QED) is 0.628. The molecule has 0 aliphatic carbocycles. The number of amides is 1. The van der Waals surface area contributed by atoms with Crippen LogP contribution >= 0.6 is 0 Å². The molecule has 0 atom stereocenters. The van der Waals surface area contributed by atoms with Crippen LogP contribution in [0.3, 0.4) is 0 Å². The highest BCUT2D eigenvalue weighted by molar-refractivity contribution is 5.90. The van der Waals surface area contributed by atoms with Gasteiger partial charge < -0.3 is 9.64 Å². The molecule has 1 aromatic rings. The monoisotopic (exact) mass is 333 g/mol. The van der Waals surface area contributed by atoms with Gasteiger partial charge in [-0.3, -0.25) is 4.79 Å². The number of Topliss-reactive ketones (excluding diaryl/α,β-unsaturated/α-hetero) is 1. The molecular formula is C20H31NO3. The molecule has 0 saturated heterocycles. The SMILES string of the molecule is CCCCN(CCCC)C(=O)OC(C)(C)C(=O)Cc1ccccc1. The molecule has 0 aliphatic heterocycles. The maximum Gasteiger partial charge on any atom is 0.410 e. The third-order valence-corrected chi connectivity index (χ3v) is 4.04. The lowest BCUT2D eigenvalue weighted by atomic mass is 9.97. The van der Waals surface area contributed by atoms with E-state index >= 15 is 0 Å². The Bertz CT molecular complexity index is 503. The van der Waals surface area contributed by atoms with Crippen molar-refractivity contribution in [2.75, 3.05) is 13.1 Å². The number of hydrogen-bond donors (Lipinski definition) is 0. The summed E-state index contributed by atoms with van der Waals surface area (Å²) in [4.78, 5) is 26.7. The van der Waals surface area contributed by atoms with E-state index in [1.165, 1.54) is 0 Å². The van der Waals surface area contributed by atoms with Gasteiger partial charge in [0.05, 0.1) is 0 Å². The standard InChI is InChI=1S/C20H31NO3/c1-5-7-14-21(15-8-6-2)19(23)24-20(3,4)18(22)16-17-12-10-9-11-13-17/h9-13H,5-8,14-16H2,1-4H3. The summed E-state index contributed by atoms with van der Waals surface area (Å²) in [5.74, 6) is -0.0898. The fourth-order valence-corrected chi connectivity index (χ4v) is 2.33. The van der Waals surface area contributed by atoms with Crippen LogP contribution in [0.2, 0.25) is 0 Å². The number of hydrogen-bond acceptors (Lipinski definition) is 3. The normalized spacial score (nSPS) is 11.2. The molecule has 1 rings (SSSR count). The van der Waals surface area contributed by atoms with Crippen molar-refractivity contribution in [1.29, 1.82) is 0 Å². The van der Waals surface area contributed by atoms with Crippen molar-refractivity contribution < 1.29 is 14.3 Å². The van der Waals surface area contributed by atoms with Crippen LogP contribution in [0.25, 0.3) is 0 Å². The average molecular weight is 333 g/mol. The van der Waals surface area contributed by atoms with Gasteiger partial charge in [-0.2, -0.15) is 0 Å². The van der Waals surface area contributed by atoms with E-state index in [9.17, 15) is 9.59 Å². The van der Waals surface area contributed by atoms with Gasteiger partial charge in [0.2, 0.25) is 0 Å². The minimum Gasteiger partial charge on any atom is -0.435 e. The van der Waals surface area contributed by atoms with Crippen molar-refractivity contribution in [3.05, 3.63) is 35.9 Å². The Balaban J connectivity index is 2.67. The minimum atomic E-state index is -1.12. The number of ether oxygens (including phenoxy) is 1. The number of benzene rings is 1. The first-order valence-corrected chi connectivity index (χ1v) is 8.95.